The zero-order chi connectivity index (χ0) is 9.68. The molecule has 1 aliphatic carbocycles. The molecule has 3 unspecified atom stereocenters. The van der Waals surface area contributed by atoms with Gasteiger partial charge < -0.3 is 0 Å². The third kappa shape index (κ3) is 2.98. The molecule has 1 heteroatoms. The molecule has 0 aromatic heterocycles. The van der Waals surface area contributed by atoms with Gasteiger partial charge in [0.1, 0.15) is 0 Å². The molecule has 0 amide bonds. The highest BCUT2D eigenvalue weighted by molar-refractivity contribution is 9.09. The fraction of sp³-hybridized carbons (Fsp3) is 0.667. The quantitative estimate of drug-likeness (QED) is 0.502. The Bertz CT molecular complexity index is 174. The largest absolute Gasteiger partial charge is 0.103 e. The van der Waals surface area contributed by atoms with Gasteiger partial charge in [0.05, 0.1) is 0 Å². The van der Waals surface area contributed by atoms with Gasteiger partial charge in [0.15, 0.2) is 0 Å². The maximum atomic E-state index is 3.92. The van der Waals surface area contributed by atoms with E-state index in [1.54, 1.807) is 0 Å². The molecule has 0 aromatic rings. The third-order valence-electron chi connectivity index (χ3n) is 3.13. The van der Waals surface area contributed by atoms with Gasteiger partial charge in [0, 0.05) is 5.33 Å². The zero-order valence-corrected chi connectivity index (χ0v) is 9.80. The van der Waals surface area contributed by atoms with Crippen LogP contribution in [0.3, 0.4) is 0 Å². The minimum absolute atomic E-state index is 0.738. The molecule has 1 rings (SSSR count). The molecule has 0 bridgehead atoms. The molecular weight excluding hydrogens is 224 g/mol. The van der Waals surface area contributed by atoms with Gasteiger partial charge >= 0.3 is 0 Å². The van der Waals surface area contributed by atoms with Gasteiger partial charge in [-0.15, -0.1) is 13.2 Å². The Morgan fingerprint density at radius 1 is 1.23 bits per heavy atom. The first kappa shape index (κ1) is 11.0. The molecule has 0 N–H and O–H groups in total. The fourth-order valence-corrected chi connectivity index (χ4v) is 2.68. The van der Waals surface area contributed by atoms with E-state index in [2.05, 4.69) is 41.2 Å². The van der Waals surface area contributed by atoms with Gasteiger partial charge in [-0.2, -0.15) is 0 Å². The summed E-state index contributed by atoms with van der Waals surface area (Å²) >= 11 is 3.48. The van der Waals surface area contributed by atoms with Gasteiger partial charge in [-0.25, -0.2) is 0 Å². The standard InChI is InChI=1S/C12H19Br/c1-3-10-8-11(4-2)12(9-10)6-5-7-13/h3-4,10-12H,1-2,5-9H2. The lowest BCUT2D eigenvalue weighted by Gasteiger charge is -2.14. The molecule has 1 aliphatic rings. The molecule has 0 aromatic carbocycles. The van der Waals surface area contributed by atoms with E-state index in [0.29, 0.717) is 0 Å². The van der Waals surface area contributed by atoms with Crippen molar-refractivity contribution in [1.82, 2.24) is 0 Å². The molecule has 0 radical (unpaired) electrons. The Kier molecular flexibility index (Phi) is 4.79. The summed E-state index contributed by atoms with van der Waals surface area (Å²) in [6.45, 7) is 7.81. The summed E-state index contributed by atoms with van der Waals surface area (Å²) in [4.78, 5) is 0. The van der Waals surface area contributed by atoms with Crippen LogP contribution in [-0.4, -0.2) is 5.33 Å². The van der Waals surface area contributed by atoms with Gasteiger partial charge in [-0.05, 0) is 43.4 Å². The van der Waals surface area contributed by atoms with Crippen LogP contribution in [0.4, 0.5) is 0 Å². The van der Waals surface area contributed by atoms with Gasteiger partial charge in [0.2, 0.25) is 0 Å². The molecule has 1 fully saturated rings. The molecule has 1 saturated carbocycles. The minimum Gasteiger partial charge on any atom is -0.103 e. The van der Waals surface area contributed by atoms with E-state index >= 15 is 0 Å². The number of alkyl halides is 1. The predicted octanol–water partition coefficient (Wildman–Crippen LogP) is 4.18. The van der Waals surface area contributed by atoms with Crippen LogP contribution in [0.5, 0.6) is 0 Å². The summed E-state index contributed by atoms with van der Waals surface area (Å²) in [6, 6.07) is 0. The Labute approximate surface area is 90.2 Å². The highest BCUT2D eigenvalue weighted by Crippen LogP contribution is 2.40. The van der Waals surface area contributed by atoms with E-state index in [1.807, 2.05) is 0 Å². The van der Waals surface area contributed by atoms with Crippen LogP contribution in [0.1, 0.15) is 25.7 Å². The molecule has 74 valence electrons. The monoisotopic (exact) mass is 242 g/mol. The van der Waals surface area contributed by atoms with Crippen molar-refractivity contribution in [3.05, 3.63) is 25.3 Å². The Morgan fingerprint density at radius 3 is 2.54 bits per heavy atom. The summed E-state index contributed by atoms with van der Waals surface area (Å²) in [5.41, 5.74) is 0. The van der Waals surface area contributed by atoms with E-state index in [1.165, 1.54) is 25.7 Å². The van der Waals surface area contributed by atoms with Crippen molar-refractivity contribution in [2.75, 3.05) is 5.33 Å². The van der Waals surface area contributed by atoms with E-state index < -0.39 is 0 Å². The molecule has 3 atom stereocenters. The van der Waals surface area contributed by atoms with Crippen molar-refractivity contribution in [2.24, 2.45) is 17.8 Å². The number of hydrogen-bond acceptors (Lipinski definition) is 0. The molecule has 13 heavy (non-hydrogen) atoms. The Morgan fingerprint density at radius 2 is 2.00 bits per heavy atom. The van der Waals surface area contributed by atoms with Gasteiger partial charge in [0.25, 0.3) is 0 Å². The predicted molar refractivity (Wildman–Crippen MR) is 63.1 cm³/mol. The van der Waals surface area contributed by atoms with Crippen molar-refractivity contribution in [3.63, 3.8) is 0 Å². The highest BCUT2D eigenvalue weighted by Gasteiger charge is 2.29. The smallest absolute Gasteiger partial charge is 0.00314 e. The first-order valence-corrected chi connectivity index (χ1v) is 6.25. The van der Waals surface area contributed by atoms with E-state index in [0.717, 1.165) is 23.1 Å². The van der Waals surface area contributed by atoms with Crippen molar-refractivity contribution >= 4 is 15.9 Å². The van der Waals surface area contributed by atoms with E-state index in [-0.39, 0.29) is 0 Å². The summed E-state index contributed by atoms with van der Waals surface area (Å²) < 4.78 is 0. The topological polar surface area (TPSA) is 0 Å². The first-order valence-electron chi connectivity index (χ1n) is 5.12. The fourth-order valence-electron chi connectivity index (χ4n) is 2.35. The van der Waals surface area contributed by atoms with Crippen molar-refractivity contribution in [1.29, 1.82) is 0 Å². The maximum Gasteiger partial charge on any atom is 0.00314 e. The molecule has 0 aliphatic heterocycles. The van der Waals surface area contributed by atoms with Crippen LogP contribution in [0.2, 0.25) is 0 Å². The minimum atomic E-state index is 0.738. The van der Waals surface area contributed by atoms with Crippen LogP contribution in [-0.2, 0) is 0 Å². The van der Waals surface area contributed by atoms with Crippen molar-refractivity contribution < 1.29 is 0 Å². The van der Waals surface area contributed by atoms with E-state index in [9.17, 15) is 0 Å². The summed E-state index contributed by atoms with van der Waals surface area (Å²) in [5.74, 6) is 2.34. The van der Waals surface area contributed by atoms with Gasteiger partial charge in [-0.1, -0.05) is 28.1 Å². The summed E-state index contributed by atoms with van der Waals surface area (Å²) in [7, 11) is 0. The SMILES string of the molecule is C=CC1CC(C=C)C(CCCBr)C1. The van der Waals surface area contributed by atoms with Crippen molar-refractivity contribution in [3.8, 4) is 0 Å². The van der Waals surface area contributed by atoms with Gasteiger partial charge in [-0.3, -0.25) is 0 Å². The first-order chi connectivity index (χ1) is 6.31. The lowest BCUT2D eigenvalue weighted by molar-refractivity contribution is 0.422. The highest BCUT2D eigenvalue weighted by atomic mass is 79.9. The zero-order valence-electron chi connectivity index (χ0n) is 8.21. The lowest BCUT2D eigenvalue weighted by Crippen LogP contribution is -2.04. The van der Waals surface area contributed by atoms with Crippen LogP contribution in [0.15, 0.2) is 25.3 Å². The number of halogens is 1. The average molecular weight is 243 g/mol. The summed E-state index contributed by atoms with van der Waals surface area (Å²) in [5, 5.41) is 1.13. The number of allylic oxidation sites excluding steroid dienone is 2. The molecule has 0 spiro atoms. The lowest BCUT2D eigenvalue weighted by atomic mass is 9.92. The van der Waals surface area contributed by atoms with Crippen LogP contribution in [0.25, 0.3) is 0 Å². The molecule has 0 saturated heterocycles. The average Bonchev–Trinajstić information content (AvgIpc) is 2.57. The second-order valence-electron chi connectivity index (χ2n) is 3.96. The molecule has 0 heterocycles. The third-order valence-corrected chi connectivity index (χ3v) is 3.69. The Balaban J connectivity index is 2.42. The van der Waals surface area contributed by atoms with Crippen molar-refractivity contribution in [2.45, 2.75) is 25.7 Å². The second kappa shape index (κ2) is 5.64. The molecule has 0 nitrogen and oxygen atoms in total. The van der Waals surface area contributed by atoms with Crippen LogP contribution < -0.4 is 0 Å². The van der Waals surface area contributed by atoms with E-state index in [4.69, 9.17) is 0 Å². The van der Waals surface area contributed by atoms with Crippen LogP contribution >= 0.6 is 15.9 Å². The number of rotatable bonds is 5. The second-order valence-corrected chi connectivity index (χ2v) is 4.75. The summed E-state index contributed by atoms with van der Waals surface area (Å²) in [6.07, 6.45) is 9.49. The maximum absolute atomic E-state index is 3.92. The molecular formula is C12H19Br. The number of hydrogen-bond donors (Lipinski definition) is 0. The normalized spacial score (nSPS) is 33.2. The van der Waals surface area contributed by atoms with Crippen LogP contribution in [0, 0.1) is 17.8 Å². The Hall–Kier alpha value is -0.0400.